The van der Waals surface area contributed by atoms with Crippen LogP contribution in [0.1, 0.15) is 12.8 Å². The van der Waals surface area contributed by atoms with Crippen LogP contribution in [0.3, 0.4) is 0 Å². The van der Waals surface area contributed by atoms with E-state index in [0.717, 1.165) is 0 Å². The van der Waals surface area contributed by atoms with E-state index in [1.807, 2.05) is 0 Å². The van der Waals surface area contributed by atoms with Crippen molar-refractivity contribution in [2.45, 2.75) is 12.8 Å². The van der Waals surface area contributed by atoms with Crippen molar-refractivity contribution in [2.24, 2.45) is 0 Å². The first-order valence-corrected chi connectivity index (χ1v) is 6.43. The van der Waals surface area contributed by atoms with E-state index in [2.05, 4.69) is 20.7 Å². The van der Waals surface area contributed by atoms with E-state index in [0.29, 0.717) is 39.7 Å². The van der Waals surface area contributed by atoms with Gasteiger partial charge in [-0.15, -0.1) is 0 Å². The Hall–Kier alpha value is -0.450. The summed E-state index contributed by atoms with van der Waals surface area (Å²) in [5, 5.41) is 0.997. The van der Waals surface area contributed by atoms with Crippen molar-refractivity contribution in [2.75, 3.05) is 13.7 Å². The summed E-state index contributed by atoms with van der Waals surface area (Å²) in [6.07, 6.45) is 0.884. The highest BCUT2D eigenvalue weighted by Crippen LogP contribution is 2.34. The Kier molecular flexibility index (Phi) is 6.09. The average Bonchev–Trinajstić information content (AvgIpc) is 2.30. The molecule has 0 aromatic heterocycles. The standard InChI is InChI=1S/C11H11BrCl2O3/c1-16-11(15)3-2-4-17-10-6-8(13)7(12)5-9(10)14/h5-6H,2-4H2,1H3. The minimum atomic E-state index is -0.256. The highest BCUT2D eigenvalue weighted by Gasteiger charge is 2.07. The van der Waals surface area contributed by atoms with E-state index in [-0.39, 0.29) is 5.97 Å². The third kappa shape index (κ3) is 4.74. The van der Waals surface area contributed by atoms with Gasteiger partial charge >= 0.3 is 5.97 Å². The minimum absolute atomic E-state index is 0.256. The minimum Gasteiger partial charge on any atom is -0.492 e. The second-order valence-corrected chi connectivity index (χ2v) is 4.89. The van der Waals surface area contributed by atoms with Crippen molar-refractivity contribution in [3.05, 3.63) is 26.7 Å². The van der Waals surface area contributed by atoms with Gasteiger partial charge in [0.25, 0.3) is 0 Å². The number of halogens is 3. The first-order valence-electron chi connectivity index (χ1n) is 4.88. The van der Waals surface area contributed by atoms with E-state index in [1.165, 1.54) is 7.11 Å². The maximum atomic E-state index is 10.9. The maximum absolute atomic E-state index is 10.9. The summed E-state index contributed by atoms with van der Waals surface area (Å²) >= 11 is 15.1. The first kappa shape index (κ1) is 14.6. The SMILES string of the molecule is COC(=O)CCCOc1cc(Cl)c(Br)cc1Cl. The van der Waals surface area contributed by atoms with E-state index in [9.17, 15) is 4.79 Å². The lowest BCUT2D eigenvalue weighted by molar-refractivity contribution is -0.140. The molecule has 0 radical (unpaired) electrons. The topological polar surface area (TPSA) is 35.5 Å². The van der Waals surface area contributed by atoms with Gasteiger partial charge in [-0.05, 0) is 28.4 Å². The van der Waals surface area contributed by atoms with Gasteiger partial charge in [-0.2, -0.15) is 0 Å². The molecule has 0 saturated heterocycles. The zero-order valence-corrected chi connectivity index (χ0v) is 12.2. The van der Waals surface area contributed by atoms with Crippen molar-refractivity contribution in [3.8, 4) is 5.75 Å². The van der Waals surface area contributed by atoms with Crippen LogP contribution >= 0.6 is 39.1 Å². The Morgan fingerprint density at radius 3 is 2.71 bits per heavy atom. The molecule has 1 aromatic carbocycles. The van der Waals surface area contributed by atoms with Crippen LogP contribution in [0.4, 0.5) is 0 Å². The van der Waals surface area contributed by atoms with E-state index < -0.39 is 0 Å². The molecule has 0 aliphatic rings. The summed E-state index contributed by atoms with van der Waals surface area (Å²) in [6, 6.07) is 3.30. The van der Waals surface area contributed by atoms with Crippen LogP contribution in [0, 0.1) is 0 Å². The van der Waals surface area contributed by atoms with Crippen LogP contribution in [-0.2, 0) is 9.53 Å². The molecule has 1 rings (SSSR count). The predicted molar refractivity (Wildman–Crippen MR) is 70.9 cm³/mol. The lowest BCUT2D eigenvalue weighted by Crippen LogP contribution is -2.04. The zero-order chi connectivity index (χ0) is 12.8. The molecule has 0 aliphatic carbocycles. The normalized spacial score (nSPS) is 10.1. The molecule has 6 heteroatoms. The lowest BCUT2D eigenvalue weighted by atomic mass is 10.3. The summed E-state index contributed by atoms with van der Waals surface area (Å²) in [7, 11) is 1.36. The number of methoxy groups -OCH3 is 1. The van der Waals surface area contributed by atoms with Crippen molar-refractivity contribution in [1.82, 2.24) is 0 Å². The summed E-state index contributed by atoms with van der Waals surface area (Å²) in [5.74, 6) is 0.248. The summed E-state index contributed by atoms with van der Waals surface area (Å²) in [6.45, 7) is 0.382. The largest absolute Gasteiger partial charge is 0.492 e. The second-order valence-electron chi connectivity index (χ2n) is 3.22. The molecular weight excluding hydrogens is 331 g/mol. The van der Waals surface area contributed by atoms with E-state index in [1.54, 1.807) is 12.1 Å². The Morgan fingerprint density at radius 1 is 1.35 bits per heavy atom. The molecule has 0 fully saturated rings. The number of rotatable bonds is 5. The number of carbonyl (C=O) groups excluding carboxylic acids is 1. The van der Waals surface area contributed by atoms with Crippen molar-refractivity contribution in [1.29, 1.82) is 0 Å². The number of carbonyl (C=O) groups is 1. The molecule has 94 valence electrons. The van der Waals surface area contributed by atoms with Crippen molar-refractivity contribution < 1.29 is 14.3 Å². The number of hydrogen-bond acceptors (Lipinski definition) is 3. The molecule has 0 bridgehead atoms. The molecule has 1 aromatic rings. The number of esters is 1. The van der Waals surface area contributed by atoms with Gasteiger partial charge in [-0.1, -0.05) is 23.2 Å². The molecule has 0 unspecified atom stereocenters. The molecule has 0 amide bonds. The molecule has 0 spiro atoms. The molecule has 0 N–H and O–H groups in total. The molecule has 3 nitrogen and oxygen atoms in total. The van der Waals surface area contributed by atoms with Gasteiger partial charge in [0.1, 0.15) is 5.75 Å². The highest BCUT2D eigenvalue weighted by atomic mass is 79.9. The van der Waals surface area contributed by atoms with Crippen LogP contribution < -0.4 is 4.74 Å². The summed E-state index contributed by atoms with van der Waals surface area (Å²) in [5.41, 5.74) is 0. The van der Waals surface area contributed by atoms with E-state index >= 15 is 0 Å². The Labute approximate surface area is 118 Å². The highest BCUT2D eigenvalue weighted by molar-refractivity contribution is 9.10. The summed E-state index contributed by atoms with van der Waals surface area (Å²) in [4.78, 5) is 10.9. The van der Waals surface area contributed by atoms with Crippen molar-refractivity contribution >= 4 is 45.1 Å². The lowest BCUT2D eigenvalue weighted by Gasteiger charge is -2.08. The number of benzene rings is 1. The van der Waals surface area contributed by atoms with Gasteiger partial charge in [-0.25, -0.2) is 0 Å². The fourth-order valence-electron chi connectivity index (χ4n) is 1.12. The Balaban J connectivity index is 2.47. The molecule has 0 aliphatic heterocycles. The van der Waals surface area contributed by atoms with Gasteiger partial charge in [-0.3, -0.25) is 4.79 Å². The molecular formula is C11H11BrCl2O3. The fourth-order valence-corrected chi connectivity index (χ4v) is 1.96. The van der Waals surface area contributed by atoms with E-state index in [4.69, 9.17) is 27.9 Å². The van der Waals surface area contributed by atoms with Gasteiger partial charge in [0, 0.05) is 17.0 Å². The predicted octanol–water partition coefficient (Wildman–Crippen LogP) is 4.09. The maximum Gasteiger partial charge on any atom is 0.305 e. The Bertz CT molecular complexity index is 410. The van der Waals surface area contributed by atoms with Gasteiger partial charge < -0.3 is 9.47 Å². The smallest absolute Gasteiger partial charge is 0.305 e. The van der Waals surface area contributed by atoms with Crippen molar-refractivity contribution in [3.63, 3.8) is 0 Å². The fraction of sp³-hybridized carbons (Fsp3) is 0.364. The zero-order valence-electron chi connectivity index (χ0n) is 9.13. The van der Waals surface area contributed by atoms with Gasteiger partial charge in [0.2, 0.25) is 0 Å². The molecule has 0 saturated carbocycles. The quantitative estimate of drug-likeness (QED) is 0.459. The Morgan fingerprint density at radius 2 is 2.06 bits per heavy atom. The summed E-state index contributed by atoms with van der Waals surface area (Å²) < 4.78 is 10.6. The second kappa shape index (κ2) is 7.09. The van der Waals surface area contributed by atoms with Crippen LogP contribution in [-0.4, -0.2) is 19.7 Å². The first-order chi connectivity index (χ1) is 8.04. The van der Waals surface area contributed by atoms with Crippen LogP contribution in [0.25, 0.3) is 0 Å². The average molecular weight is 342 g/mol. The van der Waals surface area contributed by atoms with Crippen LogP contribution in [0.5, 0.6) is 5.75 Å². The third-order valence-electron chi connectivity index (χ3n) is 1.99. The molecule has 0 atom stereocenters. The van der Waals surface area contributed by atoms with Gasteiger partial charge in [0.15, 0.2) is 0 Å². The number of hydrogen-bond donors (Lipinski definition) is 0. The van der Waals surface area contributed by atoms with Gasteiger partial charge in [0.05, 0.1) is 23.8 Å². The van der Waals surface area contributed by atoms with Crippen LogP contribution in [0.15, 0.2) is 16.6 Å². The van der Waals surface area contributed by atoms with Crippen LogP contribution in [0.2, 0.25) is 10.0 Å². The molecule has 17 heavy (non-hydrogen) atoms. The monoisotopic (exact) mass is 340 g/mol. The molecule has 0 heterocycles. The third-order valence-corrected chi connectivity index (χ3v) is 3.48. The number of ether oxygens (including phenoxy) is 2.